The van der Waals surface area contributed by atoms with Crippen molar-refractivity contribution >= 4 is 21.6 Å². The Morgan fingerprint density at radius 2 is 1.64 bits per heavy atom. The molecule has 0 spiro atoms. The minimum atomic E-state index is -4.05. The molecule has 0 fully saturated rings. The summed E-state index contributed by atoms with van der Waals surface area (Å²) in [5.41, 5.74) is 0.414. The fourth-order valence-electron chi connectivity index (χ4n) is 3.05. The van der Waals surface area contributed by atoms with Crippen molar-refractivity contribution in [3.8, 4) is 17.2 Å². The van der Waals surface area contributed by atoms with Crippen LogP contribution in [-0.4, -0.2) is 35.7 Å². The zero-order valence-corrected chi connectivity index (χ0v) is 19.0. The molecule has 0 saturated heterocycles. The topological polar surface area (TPSA) is 103 Å². The van der Waals surface area contributed by atoms with Gasteiger partial charge in [-0.3, -0.25) is 4.79 Å². The second-order valence-corrected chi connectivity index (χ2v) is 8.57. The monoisotopic (exact) mass is 474 g/mol. The summed E-state index contributed by atoms with van der Waals surface area (Å²) < 4.78 is 58.0. The van der Waals surface area contributed by atoms with Crippen molar-refractivity contribution in [1.82, 2.24) is 4.72 Å². The third kappa shape index (κ3) is 5.60. The van der Waals surface area contributed by atoms with Gasteiger partial charge in [0.25, 0.3) is 5.91 Å². The summed E-state index contributed by atoms with van der Waals surface area (Å²) >= 11 is 0. The molecule has 3 rings (SSSR count). The number of hydrogen-bond acceptors (Lipinski definition) is 6. The van der Waals surface area contributed by atoms with Crippen molar-refractivity contribution in [2.75, 3.05) is 26.6 Å². The Hall–Kier alpha value is -3.63. The molecule has 0 atom stereocenters. The number of rotatable bonds is 9. The van der Waals surface area contributed by atoms with Crippen LogP contribution in [0.5, 0.6) is 17.2 Å². The van der Waals surface area contributed by atoms with E-state index in [2.05, 4.69) is 10.0 Å². The molecule has 0 saturated carbocycles. The highest BCUT2D eigenvalue weighted by molar-refractivity contribution is 7.89. The molecule has 8 nitrogen and oxygen atoms in total. The Morgan fingerprint density at radius 1 is 0.909 bits per heavy atom. The number of para-hydroxylation sites is 1. The van der Waals surface area contributed by atoms with E-state index in [0.717, 1.165) is 18.2 Å². The molecule has 3 aromatic rings. The molecule has 0 aliphatic rings. The number of carbonyl (C=O) groups excluding carboxylic acids is 1. The van der Waals surface area contributed by atoms with E-state index in [1.807, 2.05) is 0 Å². The van der Waals surface area contributed by atoms with Crippen molar-refractivity contribution in [2.24, 2.45) is 0 Å². The number of carbonyl (C=O) groups is 1. The smallest absolute Gasteiger partial charge is 0.258 e. The second-order valence-electron chi connectivity index (χ2n) is 6.80. The summed E-state index contributed by atoms with van der Waals surface area (Å²) in [5.74, 6) is -0.430. The third-order valence-electron chi connectivity index (χ3n) is 4.79. The quantitative estimate of drug-likeness (QED) is 0.491. The van der Waals surface area contributed by atoms with Crippen LogP contribution in [0.3, 0.4) is 0 Å². The van der Waals surface area contributed by atoms with E-state index >= 15 is 0 Å². The van der Waals surface area contributed by atoms with Crippen molar-refractivity contribution in [3.05, 3.63) is 77.6 Å². The zero-order valence-electron chi connectivity index (χ0n) is 18.2. The fraction of sp³-hybridized carbons (Fsp3) is 0.174. The average Bonchev–Trinajstić information content (AvgIpc) is 2.82. The minimum absolute atomic E-state index is 0.0493. The largest absolute Gasteiger partial charge is 0.497 e. The Balaban J connectivity index is 1.85. The molecule has 33 heavy (non-hydrogen) atoms. The summed E-state index contributed by atoms with van der Waals surface area (Å²) in [6, 6.07) is 14.6. The average molecular weight is 475 g/mol. The SMILES string of the molecule is COc1ccc(OC)c(NC(=O)c2cc(S(=O)(=O)NCc3ccccc3OC)ccc2F)c1. The lowest BCUT2D eigenvalue weighted by Crippen LogP contribution is -2.24. The van der Waals surface area contributed by atoms with Crippen LogP contribution in [0.2, 0.25) is 0 Å². The standard InChI is InChI=1S/C23H23FN2O6S/c1-30-16-8-11-22(32-3)20(12-16)26-23(27)18-13-17(9-10-19(18)24)33(28,29)25-14-15-6-4-5-7-21(15)31-2/h4-13,25H,14H2,1-3H3,(H,26,27). The number of nitrogens with one attached hydrogen (secondary N) is 2. The van der Waals surface area contributed by atoms with Crippen LogP contribution in [0.15, 0.2) is 65.6 Å². The second kappa shape index (κ2) is 10.3. The molecule has 10 heteroatoms. The Kier molecular flexibility index (Phi) is 7.52. The first-order valence-corrected chi connectivity index (χ1v) is 11.2. The van der Waals surface area contributed by atoms with E-state index < -0.39 is 27.3 Å². The van der Waals surface area contributed by atoms with Crippen molar-refractivity contribution in [3.63, 3.8) is 0 Å². The third-order valence-corrected chi connectivity index (χ3v) is 6.19. The Morgan fingerprint density at radius 3 is 2.33 bits per heavy atom. The van der Waals surface area contributed by atoms with Gasteiger partial charge in [-0.25, -0.2) is 17.5 Å². The van der Waals surface area contributed by atoms with Gasteiger partial charge in [0.05, 0.1) is 37.5 Å². The van der Waals surface area contributed by atoms with E-state index in [1.165, 1.54) is 27.4 Å². The number of amides is 1. The molecule has 0 bridgehead atoms. The Bertz CT molecular complexity index is 1260. The van der Waals surface area contributed by atoms with E-state index in [4.69, 9.17) is 14.2 Å². The van der Waals surface area contributed by atoms with Crippen LogP contribution in [0, 0.1) is 5.82 Å². The van der Waals surface area contributed by atoms with E-state index in [1.54, 1.807) is 36.4 Å². The molecular weight excluding hydrogens is 451 g/mol. The van der Waals surface area contributed by atoms with Crippen molar-refractivity contribution < 1.29 is 31.8 Å². The van der Waals surface area contributed by atoms with Gasteiger partial charge in [-0.2, -0.15) is 0 Å². The maximum atomic E-state index is 14.4. The maximum Gasteiger partial charge on any atom is 0.258 e. The lowest BCUT2D eigenvalue weighted by molar-refractivity contribution is 0.102. The molecule has 0 aliphatic heterocycles. The highest BCUT2D eigenvalue weighted by atomic mass is 32.2. The molecule has 0 aliphatic carbocycles. The molecule has 0 aromatic heterocycles. The first kappa shape index (κ1) is 24.0. The normalized spacial score (nSPS) is 11.0. The van der Waals surface area contributed by atoms with Crippen LogP contribution in [0.25, 0.3) is 0 Å². The van der Waals surface area contributed by atoms with Crippen LogP contribution in [0.1, 0.15) is 15.9 Å². The predicted molar refractivity (Wildman–Crippen MR) is 121 cm³/mol. The highest BCUT2D eigenvalue weighted by Gasteiger charge is 2.21. The Labute approximate surface area is 191 Å². The van der Waals surface area contributed by atoms with Crippen molar-refractivity contribution in [2.45, 2.75) is 11.4 Å². The highest BCUT2D eigenvalue weighted by Crippen LogP contribution is 2.29. The number of halogens is 1. The number of hydrogen-bond donors (Lipinski definition) is 2. The fourth-order valence-corrected chi connectivity index (χ4v) is 4.08. The lowest BCUT2D eigenvalue weighted by atomic mass is 10.2. The summed E-state index contributed by atoms with van der Waals surface area (Å²) in [7, 11) is 0.305. The van der Waals surface area contributed by atoms with Gasteiger partial charge < -0.3 is 19.5 Å². The lowest BCUT2D eigenvalue weighted by Gasteiger charge is -2.13. The van der Waals surface area contributed by atoms with Gasteiger partial charge in [0.2, 0.25) is 10.0 Å². The molecular formula is C23H23FN2O6S. The summed E-state index contributed by atoms with van der Waals surface area (Å²) in [6.07, 6.45) is 0. The number of anilines is 1. The summed E-state index contributed by atoms with van der Waals surface area (Å²) in [4.78, 5) is 12.5. The molecule has 2 N–H and O–H groups in total. The molecule has 0 radical (unpaired) electrons. The molecule has 3 aromatic carbocycles. The van der Waals surface area contributed by atoms with E-state index in [-0.39, 0.29) is 17.1 Å². The summed E-state index contributed by atoms with van der Waals surface area (Å²) in [5, 5.41) is 2.53. The van der Waals surface area contributed by atoms with Gasteiger partial charge in [-0.1, -0.05) is 18.2 Å². The molecule has 0 heterocycles. The van der Waals surface area contributed by atoms with Gasteiger partial charge in [0.15, 0.2) is 0 Å². The maximum absolute atomic E-state index is 14.4. The van der Waals surface area contributed by atoms with Gasteiger partial charge in [-0.05, 0) is 36.4 Å². The molecule has 174 valence electrons. The van der Waals surface area contributed by atoms with Gasteiger partial charge in [0, 0.05) is 18.2 Å². The van der Waals surface area contributed by atoms with E-state index in [9.17, 15) is 17.6 Å². The van der Waals surface area contributed by atoms with Crippen LogP contribution in [-0.2, 0) is 16.6 Å². The van der Waals surface area contributed by atoms with Crippen LogP contribution >= 0.6 is 0 Å². The van der Waals surface area contributed by atoms with Crippen LogP contribution in [0.4, 0.5) is 10.1 Å². The zero-order chi connectivity index (χ0) is 24.0. The summed E-state index contributed by atoms with van der Waals surface area (Å²) in [6.45, 7) is -0.0493. The molecule has 0 unspecified atom stereocenters. The van der Waals surface area contributed by atoms with E-state index in [0.29, 0.717) is 22.8 Å². The minimum Gasteiger partial charge on any atom is -0.497 e. The number of ether oxygens (including phenoxy) is 3. The van der Waals surface area contributed by atoms with Crippen LogP contribution < -0.4 is 24.2 Å². The predicted octanol–water partition coefficient (Wildman–Crippen LogP) is 3.58. The molecule has 1 amide bonds. The van der Waals surface area contributed by atoms with Gasteiger partial charge in [0.1, 0.15) is 23.1 Å². The number of benzene rings is 3. The van der Waals surface area contributed by atoms with Crippen molar-refractivity contribution in [1.29, 1.82) is 0 Å². The van der Waals surface area contributed by atoms with Gasteiger partial charge >= 0.3 is 0 Å². The number of sulfonamides is 1. The van der Waals surface area contributed by atoms with Gasteiger partial charge in [-0.15, -0.1) is 0 Å². The first-order chi connectivity index (χ1) is 15.8. The number of methoxy groups -OCH3 is 3. The first-order valence-electron chi connectivity index (χ1n) is 9.73.